The lowest BCUT2D eigenvalue weighted by Crippen LogP contribution is -2.38. The van der Waals surface area contributed by atoms with E-state index in [1.54, 1.807) is 0 Å². The fraction of sp³-hybridized carbons (Fsp3) is 0.294. The maximum Gasteiger partial charge on any atom is 0.324 e. The van der Waals surface area contributed by atoms with Gasteiger partial charge in [-0.05, 0) is 19.3 Å². The normalized spacial score (nSPS) is 17.7. The van der Waals surface area contributed by atoms with Crippen molar-refractivity contribution in [2.45, 2.75) is 31.3 Å². The molecule has 0 fully saturated rings. The quantitative estimate of drug-likeness (QED) is 0.404. The van der Waals surface area contributed by atoms with Crippen LogP contribution in [0.1, 0.15) is 19.3 Å². The van der Waals surface area contributed by atoms with Gasteiger partial charge in [-0.1, -0.05) is 24.3 Å². The number of aromatic hydroxyl groups is 1. The number of hydrogen-bond donors (Lipinski definition) is 2. The van der Waals surface area contributed by atoms with Crippen molar-refractivity contribution in [3.05, 3.63) is 79.9 Å². The molecule has 0 spiro atoms. The monoisotopic (exact) mass is 392 g/mol. The van der Waals surface area contributed by atoms with Gasteiger partial charge in [0.05, 0.1) is 26.9 Å². The van der Waals surface area contributed by atoms with Gasteiger partial charge < -0.3 is 10.4 Å². The minimum Gasteiger partial charge on any atom is -0.497 e. The van der Waals surface area contributed by atoms with Crippen molar-refractivity contribution in [2.75, 3.05) is 0 Å². The van der Waals surface area contributed by atoms with Crippen LogP contribution in [0.3, 0.4) is 0 Å². The Balaban J connectivity index is 0.000000292. The average Bonchev–Trinajstić information content (AvgIpc) is 2.62. The van der Waals surface area contributed by atoms with Crippen molar-refractivity contribution in [2.24, 2.45) is 0 Å². The van der Waals surface area contributed by atoms with Crippen LogP contribution in [0.4, 0.5) is 17.1 Å². The van der Waals surface area contributed by atoms with Gasteiger partial charge >= 0.3 is 11.4 Å². The molecule has 0 saturated heterocycles. The first-order valence-electron chi connectivity index (χ1n) is 8.15. The largest absolute Gasteiger partial charge is 0.497 e. The maximum absolute atomic E-state index is 10.4. The zero-order valence-corrected chi connectivity index (χ0v) is 14.9. The van der Waals surface area contributed by atoms with E-state index in [9.17, 15) is 30.3 Å². The van der Waals surface area contributed by atoms with Crippen molar-refractivity contribution in [1.82, 2.24) is 5.32 Å². The standard InChI is InChI=1S/C11H17N.C6H3N3O7/c1-3-6-10-8-5-9-11(12-10)7-4-2;10-6-4(8(13)14)1-3(7(11)12)2-5(6)9(15)16/h3-5,8,10-12H,1-2,6-7,9H2;1-2,10H/t10-,11+;/m0./s1. The Bertz CT molecular complexity index is 772. The first-order chi connectivity index (χ1) is 13.2. The van der Waals surface area contributed by atoms with E-state index in [1.807, 2.05) is 12.2 Å². The molecule has 2 atom stereocenters. The summed E-state index contributed by atoms with van der Waals surface area (Å²) in [6.45, 7) is 7.47. The van der Waals surface area contributed by atoms with Crippen molar-refractivity contribution < 1.29 is 19.9 Å². The molecule has 1 aliphatic heterocycles. The van der Waals surface area contributed by atoms with Gasteiger partial charge in [0.2, 0.25) is 0 Å². The van der Waals surface area contributed by atoms with E-state index < -0.39 is 37.6 Å². The molecule has 2 N–H and O–H groups in total. The Kier molecular flexibility index (Phi) is 8.44. The van der Waals surface area contributed by atoms with Gasteiger partial charge in [-0.15, -0.1) is 13.2 Å². The van der Waals surface area contributed by atoms with Crippen LogP contribution in [0.25, 0.3) is 0 Å². The lowest BCUT2D eigenvalue weighted by atomic mass is 10.0. The molecule has 1 aromatic carbocycles. The topological polar surface area (TPSA) is 162 Å². The molecule has 0 bridgehead atoms. The number of non-ortho nitro benzene ring substituents is 1. The third-order valence-electron chi connectivity index (χ3n) is 3.77. The predicted molar refractivity (Wildman–Crippen MR) is 102 cm³/mol. The summed E-state index contributed by atoms with van der Waals surface area (Å²) in [4.78, 5) is 27.8. The number of phenols is 1. The zero-order chi connectivity index (χ0) is 21.3. The van der Waals surface area contributed by atoms with Gasteiger partial charge in [-0.3, -0.25) is 30.3 Å². The molecule has 0 amide bonds. The van der Waals surface area contributed by atoms with Crippen LogP contribution in [-0.2, 0) is 0 Å². The number of nitro groups is 3. The number of nitrogens with one attached hydrogen (secondary N) is 1. The minimum absolute atomic E-state index is 0.447. The van der Waals surface area contributed by atoms with E-state index >= 15 is 0 Å². The summed E-state index contributed by atoms with van der Waals surface area (Å²) in [5, 5.41) is 43.7. The number of nitro benzene ring substituents is 3. The van der Waals surface area contributed by atoms with Gasteiger partial charge in [0.15, 0.2) is 0 Å². The number of hydrogen-bond acceptors (Lipinski definition) is 8. The SMILES string of the molecule is C=CC[C@@H]1CC=C[C@H](CC=C)N1.O=[N+]([O-])c1cc([N+](=O)[O-])c(O)c([N+](=O)[O-])c1. The van der Waals surface area contributed by atoms with Gasteiger partial charge in [0, 0.05) is 12.1 Å². The van der Waals surface area contributed by atoms with Crippen molar-refractivity contribution >= 4 is 17.1 Å². The van der Waals surface area contributed by atoms with E-state index in [1.165, 1.54) is 0 Å². The molecule has 11 nitrogen and oxygen atoms in total. The molecule has 0 saturated carbocycles. The van der Waals surface area contributed by atoms with Crippen molar-refractivity contribution in [3.8, 4) is 5.75 Å². The second kappa shape index (κ2) is 10.5. The third-order valence-corrected chi connectivity index (χ3v) is 3.77. The van der Waals surface area contributed by atoms with Crippen LogP contribution in [0.2, 0.25) is 0 Å². The molecule has 1 aromatic rings. The van der Waals surface area contributed by atoms with Gasteiger partial charge in [-0.2, -0.15) is 0 Å². The first-order valence-corrected chi connectivity index (χ1v) is 8.15. The summed E-state index contributed by atoms with van der Waals surface area (Å²) in [6, 6.07) is 1.96. The molecule has 11 heteroatoms. The van der Waals surface area contributed by atoms with Crippen LogP contribution in [0, 0.1) is 30.3 Å². The second-order valence-corrected chi connectivity index (χ2v) is 5.79. The van der Waals surface area contributed by atoms with Gasteiger partial charge in [-0.25, -0.2) is 0 Å². The fourth-order valence-electron chi connectivity index (χ4n) is 2.50. The molecule has 2 rings (SSSR count). The van der Waals surface area contributed by atoms with Crippen molar-refractivity contribution in [1.29, 1.82) is 0 Å². The van der Waals surface area contributed by atoms with Crippen LogP contribution in [0.15, 0.2) is 49.6 Å². The lowest BCUT2D eigenvalue weighted by Gasteiger charge is -2.25. The highest BCUT2D eigenvalue weighted by molar-refractivity contribution is 5.64. The molecule has 0 radical (unpaired) electrons. The van der Waals surface area contributed by atoms with Crippen LogP contribution in [0.5, 0.6) is 5.75 Å². The third kappa shape index (κ3) is 6.29. The molecular weight excluding hydrogens is 372 g/mol. The fourth-order valence-corrected chi connectivity index (χ4v) is 2.50. The summed E-state index contributed by atoms with van der Waals surface area (Å²) in [5.41, 5.74) is -3.00. The lowest BCUT2D eigenvalue weighted by molar-refractivity contribution is -0.404. The minimum atomic E-state index is -1.21. The van der Waals surface area contributed by atoms with E-state index in [0.29, 0.717) is 24.2 Å². The number of nitrogens with zero attached hydrogens (tertiary/aromatic N) is 3. The predicted octanol–water partition coefficient (Wildman–Crippen LogP) is 3.54. The van der Waals surface area contributed by atoms with Crippen molar-refractivity contribution in [3.63, 3.8) is 0 Å². The Hall–Kier alpha value is -3.60. The highest BCUT2D eigenvalue weighted by Crippen LogP contribution is 2.38. The van der Waals surface area contributed by atoms with E-state index in [0.717, 1.165) is 19.3 Å². The summed E-state index contributed by atoms with van der Waals surface area (Å²) in [5.74, 6) is -1.21. The summed E-state index contributed by atoms with van der Waals surface area (Å²) in [6.07, 6.45) is 11.6. The highest BCUT2D eigenvalue weighted by Gasteiger charge is 2.30. The number of rotatable bonds is 7. The van der Waals surface area contributed by atoms with Gasteiger partial charge in [0.1, 0.15) is 0 Å². The zero-order valence-electron chi connectivity index (χ0n) is 14.9. The summed E-state index contributed by atoms with van der Waals surface area (Å²) >= 11 is 0. The van der Waals surface area contributed by atoms with E-state index in [2.05, 4.69) is 30.6 Å². The highest BCUT2D eigenvalue weighted by atomic mass is 16.6. The molecular formula is C17H20N4O7. The first kappa shape index (κ1) is 22.4. The summed E-state index contributed by atoms with van der Waals surface area (Å²) in [7, 11) is 0. The van der Waals surface area contributed by atoms with E-state index in [4.69, 9.17) is 5.11 Å². The molecule has 28 heavy (non-hydrogen) atoms. The van der Waals surface area contributed by atoms with Crippen LogP contribution >= 0.6 is 0 Å². The Morgan fingerprint density at radius 1 is 1.04 bits per heavy atom. The number of phenolic OH excluding ortho intramolecular Hbond substituents is 1. The molecule has 1 aliphatic rings. The smallest absolute Gasteiger partial charge is 0.324 e. The Morgan fingerprint density at radius 3 is 2.00 bits per heavy atom. The van der Waals surface area contributed by atoms with E-state index in [-0.39, 0.29) is 0 Å². The molecule has 0 aliphatic carbocycles. The Labute approximate surface area is 160 Å². The Morgan fingerprint density at radius 2 is 1.57 bits per heavy atom. The molecule has 0 aromatic heterocycles. The summed E-state index contributed by atoms with van der Waals surface area (Å²) < 4.78 is 0. The van der Waals surface area contributed by atoms with Gasteiger partial charge in [0.25, 0.3) is 11.4 Å². The molecule has 0 unspecified atom stereocenters. The average molecular weight is 392 g/mol. The molecule has 150 valence electrons. The second-order valence-electron chi connectivity index (χ2n) is 5.79. The van der Waals surface area contributed by atoms with Crippen LogP contribution in [-0.4, -0.2) is 32.0 Å². The maximum atomic E-state index is 10.4. The van der Waals surface area contributed by atoms with Crippen LogP contribution < -0.4 is 5.32 Å². The molecule has 1 heterocycles. The number of benzene rings is 1.